The van der Waals surface area contributed by atoms with Crippen molar-refractivity contribution in [1.82, 2.24) is 9.55 Å². The van der Waals surface area contributed by atoms with E-state index in [0.29, 0.717) is 11.5 Å². The van der Waals surface area contributed by atoms with Gasteiger partial charge in [0.2, 0.25) is 5.89 Å². The van der Waals surface area contributed by atoms with Crippen molar-refractivity contribution in [3.63, 3.8) is 0 Å². The molecule has 0 aliphatic carbocycles. The summed E-state index contributed by atoms with van der Waals surface area (Å²) in [6, 6.07) is 60.9. The fraction of sp³-hybridized carbons (Fsp3) is 0. The van der Waals surface area contributed by atoms with Crippen LogP contribution in [-0.4, -0.2) is 9.55 Å². The zero-order valence-electron chi connectivity index (χ0n) is 29.3. The second-order valence-corrected chi connectivity index (χ2v) is 13.9. The van der Waals surface area contributed by atoms with Crippen LogP contribution in [0.1, 0.15) is 0 Å². The maximum Gasteiger partial charge on any atom is 0.227 e. The molecule has 0 bridgehead atoms. The molecule has 0 aliphatic heterocycles. The van der Waals surface area contributed by atoms with Crippen LogP contribution in [0, 0.1) is 0 Å². The lowest BCUT2D eigenvalue weighted by atomic mass is 10.1. The summed E-state index contributed by atoms with van der Waals surface area (Å²) < 4.78 is 21.9. The molecule has 0 atom stereocenters. The number of hydrogen-bond donors (Lipinski definition) is 0. The molecule has 0 fully saturated rings. The van der Waals surface area contributed by atoms with Gasteiger partial charge in [0.1, 0.15) is 27.8 Å². The first-order valence-corrected chi connectivity index (χ1v) is 18.4. The van der Waals surface area contributed by atoms with Crippen molar-refractivity contribution in [2.45, 2.75) is 0 Å². The lowest BCUT2D eigenvalue weighted by Gasteiger charge is -2.26. The first kappa shape index (κ1) is 29.9. The maximum atomic E-state index is 6.63. The van der Waals surface area contributed by atoms with Crippen molar-refractivity contribution in [3.05, 3.63) is 176 Å². The summed E-state index contributed by atoms with van der Waals surface area (Å²) in [5.74, 6) is 0.587. The Morgan fingerprint density at radius 2 is 1.09 bits per heavy atom. The summed E-state index contributed by atoms with van der Waals surface area (Å²) in [4.78, 5) is 7.16. The van der Waals surface area contributed by atoms with E-state index in [1.807, 2.05) is 60.7 Å². The van der Waals surface area contributed by atoms with Crippen LogP contribution in [0.5, 0.6) is 0 Å². The fourth-order valence-corrected chi connectivity index (χ4v) is 8.40. The van der Waals surface area contributed by atoms with Gasteiger partial charge in [-0.3, -0.25) is 0 Å². The van der Waals surface area contributed by atoms with Gasteiger partial charge in [0.25, 0.3) is 0 Å². The van der Waals surface area contributed by atoms with Crippen molar-refractivity contribution in [3.8, 4) is 17.1 Å². The van der Waals surface area contributed by atoms with E-state index in [2.05, 4.69) is 125 Å². The molecule has 0 spiro atoms. The van der Waals surface area contributed by atoms with Gasteiger partial charge in [-0.05, 0) is 84.9 Å². The summed E-state index contributed by atoms with van der Waals surface area (Å²) in [6.45, 7) is 0. The number of hydrogen-bond acceptors (Lipinski definition) is 5. The molecule has 0 radical (unpaired) electrons. The quantitative estimate of drug-likeness (QED) is 0.178. The lowest BCUT2D eigenvalue weighted by molar-refractivity contribution is 0.622. The largest absolute Gasteiger partial charge is 0.456 e. The minimum absolute atomic E-state index is 0.587. The highest BCUT2D eigenvalue weighted by Gasteiger charge is 2.23. The van der Waals surface area contributed by atoms with Gasteiger partial charge >= 0.3 is 0 Å². The minimum atomic E-state index is 0.587. The molecule has 4 aromatic heterocycles. The van der Waals surface area contributed by atoms with Crippen LogP contribution in [0.25, 0.3) is 93.9 Å². The molecular weight excluding hydrogens is 679 g/mol. The Labute approximate surface area is 313 Å². The van der Waals surface area contributed by atoms with Crippen LogP contribution in [0.2, 0.25) is 0 Å². The number of furan rings is 2. The van der Waals surface area contributed by atoms with Crippen LogP contribution in [0.4, 0.5) is 17.1 Å². The van der Waals surface area contributed by atoms with E-state index in [1.165, 1.54) is 10.8 Å². The predicted octanol–water partition coefficient (Wildman–Crippen LogP) is 13.9. The molecule has 55 heavy (non-hydrogen) atoms. The fourth-order valence-electron chi connectivity index (χ4n) is 8.40. The van der Waals surface area contributed by atoms with E-state index in [-0.39, 0.29) is 0 Å². The smallest absolute Gasteiger partial charge is 0.227 e. The highest BCUT2D eigenvalue weighted by atomic mass is 16.4. The van der Waals surface area contributed by atoms with E-state index in [4.69, 9.17) is 18.2 Å². The van der Waals surface area contributed by atoms with E-state index in [0.717, 1.165) is 88.7 Å². The van der Waals surface area contributed by atoms with E-state index < -0.39 is 0 Å². The topological polar surface area (TPSA) is 60.5 Å². The third-order valence-corrected chi connectivity index (χ3v) is 10.8. The van der Waals surface area contributed by atoms with Gasteiger partial charge < -0.3 is 22.7 Å². The number of rotatable bonds is 5. The molecule has 0 saturated carbocycles. The first-order valence-electron chi connectivity index (χ1n) is 18.4. The predicted molar refractivity (Wildman–Crippen MR) is 223 cm³/mol. The second kappa shape index (κ2) is 11.5. The number of oxazole rings is 1. The van der Waals surface area contributed by atoms with Gasteiger partial charge in [-0.2, -0.15) is 0 Å². The molecular formula is C49H29N3O3. The molecule has 12 aromatic rings. The third-order valence-electron chi connectivity index (χ3n) is 10.8. The number of aromatic nitrogens is 2. The zero-order chi connectivity index (χ0) is 36.0. The standard InChI is InChI=1S/C49H29N3O3/c1-3-12-30(13-4-1)49-50-38-26-27-44-47(48(38)55-49)37-25-23-33(29-45(37)54-44)51(40-19-11-21-43-46(40)36-17-8-10-20-42(36)53-43)32-22-24-35-34-16-7-9-18-39(34)52(41(35)28-32)31-14-5-2-6-15-31/h1-29H. The first-order chi connectivity index (χ1) is 27.3. The Hall–Kier alpha value is -7.57. The molecule has 258 valence electrons. The summed E-state index contributed by atoms with van der Waals surface area (Å²) in [5.41, 5.74) is 12.0. The van der Waals surface area contributed by atoms with Crippen molar-refractivity contribution in [2.75, 3.05) is 4.90 Å². The van der Waals surface area contributed by atoms with Crippen molar-refractivity contribution >= 4 is 93.8 Å². The molecule has 8 aromatic carbocycles. The highest BCUT2D eigenvalue weighted by molar-refractivity contribution is 6.18. The SMILES string of the molecule is c1ccc(-c2nc3ccc4oc5cc(N(c6ccc7c8ccccc8n(-c8ccccc8)c7c6)c6cccc7oc8ccccc8c67)ccc5c4c3o2)cc1. The van der Waals surface area contributed by atoms with E-state index >= 15 is 0 Å². The molecule has 0 unspecified atom stereocenters. The monoisotopic (exact) mass is 707 g/mol. The molecule has 12 rings (SSSR count). The minimum Gasteiger partial charge on any atom is -0.456 e. The van der Waals surface area contributed by atoms with E-state index in [1.54, 1.807) is 0 Å². The van der Waals surface area contributed by atoms with Crippen LogP contribution in [0.15, 0.2) is 189 Å². The van der Waals surface area contributed by atoms with Gasteiger partial charge in [0.15, 0.2) is 5.58 Å². The average molecular weight is 708 g/mol. The van der Waals surface area contributed by atoms with Gasteiger partial charge in [-0.15, -0.1) is 0 Å². The second-order valence-electron chi connectivity index (χ2n) is 13.9. The molecule has 0 amide bonds. The van der Waals surface area contributed by atoms with Gasteiger partial charge in [0, 0.05) is 50.2 Å². The molecule has 0 saturated heterocycles. The molecule has 6 heteroatoms. The molecule has 6 nitrogen and oxygen atoms in total. The number of para-hydroxylation sites is 3. The maximum absolute atomic E-state index is 6.63. The van der Waals surface area contributed by atoms with Crippen molar-refractivity contribution in [1.29, 1.82) is 0 Å². The number of fused-ring (bicyclic) bond motifs is 11. The number of anilines is 3. The Balaban J connectivity index is 1.12. The highest BCUT2D eigenvalue weighted by Crippen LogP contribution is 2.46. The van der Waals surface area contributed by atoms with Gasteiger partial charge in [-0.25, -0.2) is 4.98 Å². The lowest BCUT2D eigenvalue weighted by Crippen LogP contribution is -2.10. The van der Waals surface area contributed by atoms with Gasteiger partial charge in [-0.1, -0.05) is 84.9 Å². The van der Waals surface area contributed by atoms with Crippen LogP contribution in [0.3, 0.4) is 0 Å². The summed E-state index contributed by atoms with van der Waals surface area (Å²) >= 11 is 0. The van der Waals surface area contributed by atoms with Crippen LogP contribution in [-0.2, 0) is 0 Å². The Bertz CT molecular complexity index is 3440. The summed E-state index contributed by atoms with van der Waals surface area (Å²) in [5, 5.41) is 6.38. The van der Waals surface area contributed by atoms with E-state index in [9.17, 15) is 0 Å². The zero-order valence-corrected chi connectivity index (χ0v) is 29.3. The average Bonchev–Trinajstić information content (AvgIpc) is 4.01. The normalized spacial score (nSPS) is 12.0. The Morgan fingerprint density at radius 3 is 1.96 bits per heavy atom. The van der Waals surface area contributed by atoms with Crippen LogP contribution >= 0.6 is 0 Å². The molecule has 4 heterocycles. The number of benzene rings is 8. The number of nitrogens with zero attached hydrogens (tertiary/aromatic N) is 3. The van der Waals surface area contributed by atoms with Crippen molar-refractivity contribution in [2.24, 2.45) is 0 Å². The summed E-state index contributed by atoms with van der Waals surface area (Å²) in [6.07, 6.45) is 0. The van der Waals surface area contributed by atoms with Crippen molar-refractivity contribution < 1.29 is 13.3 Å². The van der Waals surface area contributed by atoms with Crippen LogP contribution < -0.4 is 4.90 Å². The molecule has 0 aliphatic rings. The molecule has 0 N–H and O–H groups in total. The third kappa shape index (κ3) is 4.46. The van der Waals surface area contributed by atoms with Gasteiger partial charge in [0.05, 0.1) is 27.5 Å². The Morgan fingerprint density at radius 1 is 0.436 bits per heavy atom. The Kier molecular flexibility index (Phi) is 6.24. The summed E-state index contributed by atoms with van der Waals surface area (Å²) in [7, 11) is 0.